The third-order valence-corrected chi connectivity index (χ3v) is 5.75. The van der Waals surface area contributed by atoms with E-state index in [9.17, 15) is 13.2 Å². The number of anilines is 1. The first-order valence-corrected chi connectivity index (χ1v) is 9.97. The van der Waals surface area contributed by atoms with Crippen LogP contribution in [0.2, 0.25) is 0 Å². The van der Waals surface area contributed by atoms with Gasteiger partial charge in [-0.05, 0) is 29.6 Å². The lowest BCUT2D eigenvalue weighted by Gasteiger charge is -2.07. The number of benzene rings is 1. The largest absolute Gasteiger partial charge is 0.305 e. The Morgan fingerprint density at radius 1 is 1.27 bits per heavy atom. The molecular formula is C17H16N4O3S2. The van der Waals surface area contributed by atoms with Crippen molar-refractivity contribution in [1.29, 1.82) is 0 Å². The van der Waals surface area contributed by atoms with E-state index < -0.39 is 15.9 Å². The molecule has 9 heteroatoms. The molecule has 7 nitrogen and oxygen atoms in total. The second kappa shape index (κ2) is 7.65. The molecule has 0 radical (unpaired) electrons. The molecule has 1 aromatic carbocycles. The highest BCUT2D eigenvalue weighted by atomic mass is 32.2. The Balaban J connectivity index is 1.76. The SMILES string of the molecule is C=CCNS(=O)(=O)c1cccc(C(=O)Nc2cc(-c3cccs3)[nH]n2)c1. The molecule has 0 atom stereocenters. The molecular weight excluding hydrogens is 372 g/mol. The number of amides is 1. The Hall–Kier alpha value is -2.75. The highest BCUT2D eigenvalue weighted by Gasteiger charge is 2.16. The molecule has 0 unspecified atom stereocenters. The monoisotopic (exact) mass is 388 g/mol. The fourth-order valence-corrected chi connectivity index (χ4v) is 3.92. The molecule has 0 saturated carbocycles. The number of sulfonamides is 1. The standard InChI is InChI=1S/C17H16N4O3S2/c1-2-8-18-26(23,24)13-6-3-5-12(10-13)17(22)19-16-11-14(20-21-16)15-7-4-9-25-15/h2-7,9-11,18H,1,8H2,(H2,19,20,21,22). The normalized spacial score (nSPS) is 11.2. The molecule has 0 saturated heterocycles. The molecule has 0 fully saturated rings. The van der Waals surface area contributed by atoms with Crippen LogP contribution in [0.25, 0.3) is 10.6 Å². The summed E-state index contributed by atoms with van der Waals surface area (Å²) >= 11 is 1.55. The van der Waals surface area contributed by atoms with E-state index in [1.54, 1.807) is 17.4 Å². The van der Waals surface area contributed by atoms with Crippen molar-refractivity contribution in [2.24, 2.45) is 0 Å². The zero-order chi connectivity index (χ0) is 18.6. The van der Waals surface area contributed by atoms with Crippen LogP contribution >= 0.6 is 11.3 Å². The molecule has 1 amide bonds. The fraction of sp³-hybridized carbons (Fsp3) is 0.0588. The lowest BCUT2D eigenvalue weighted by Crippen LogP contribution is -2.24. The van der Waals surface area contributed by atoms with Gasteiger partial charge in [-0.25, -0.2) is 13.1 Å². The van der Waals surface area contributed by atoms with Crippen LogP contribution in [0.3, 0.4) is 0 Å². The van der Waals surface area contributed by atoms with Crippen molar-refractivity contribution in [3.05, 3.63) is 66.1 Å². The molecule has 3 aromatic rings. The summed E-state index contributed by atoms with van der Waals surface area (Å²) in [7, 11) is -3.70. The van der Waals surface area contributed by atoms with E-state index in [0.717, 1.165) is 10.6 Å². The number of hydrogen-bond acceptors (Lipinski definition) is 5. The smallest absolute Gasteiger partial charge is 0.256 e. The zero-order valence-corrected chi connectivity index (χ0v) is 15.2. The first-order chi connectivity index (χ1) is 12.5. The van der Waals surface area contributed by atoms with E-state index >= 15 is 0 Å². The second-order valence-electron chi connectivity index (χ2n) is 5.27. The molecule has 0 aliphatic carbocycles. The van der Waals surface area contributed by atoms with Gasteiger partial charge in [-0.2, -0.15) is 5.10 Å². The Morgan fingerprint density at radius 2 is 2.12 bits per heavy atom. The molecule has 3 rings (SSSR count). The Labute approximate surface area is 154 Å². The highest BCUT2D eigenvalue weighted by Crippen LogP contribution is 2.24. The maximum Gasteiger partial charge on any atom is 0.256 e. The van der Waals surface area contributed by atoms with E-state index in [0.29, 0.717) is 5.82 Å². The molecule has 0 spiro atoms. The number of carbonyl (C=O) groups is 1. The number of rotatable bonds is 7. The van der Waals surface area contributed by atoms with Crippen LogP contribution in [-0.2, 0) is 10.0 Å². The Bertz CT molecular complexity index is 1020. The molecule has 0 aliphatic heterocycles. The molecule has 2 aromatic heterocycles. The van der Waals surface area contributed by atoms with Crippen LogP contribution in [0.1, 0.15) is 10.4 Å². The third kappa shape index (κ3) is 4.07. The summed E-state index contributed by atoms with van der Waals surface area (Å²) in [5.41, 5.74) is 1.01. The number of H-pyrrole nitrogens is 1. The summed E-state index contributed by atoms with van der Waals surface area (Å²) in [6, 6.07) is 11.4. The number of aromatic nitrogens is 2. The summed E-state index contributed by atoms with van der Waals surface area (Å²) in [6.45, 7) is 3.58. The summed E-state index contributed by atoms with van der Waals surface area (Å²) in [6.07, 6.45) is 1.44. The lowest BCUT2D eigenvalue weighted by atomic mass is 10.2. The number of carbonyl (C=O) groups excluding carboxylic acids is 1. The third-order valence-electron chi connectivity index (χ3n) is 3.43. The number of aromatic amines is 1. The van der Waals surface area contributed by atoms with Crippen molar-refractivity contribution in [2.45, 2.75) is 4.90 Å². The maximum atomic E-state index is 12.4. The van der Waals surface area contributed by atoms with Gasteiger partial charge in [0, 0.05) is 18.2 Å². The van der Waals surface area contributed by atoms with Crippen LogP contribution in [0.5, 0.6) is 0 Å². The minimum absolute atomic E-state index is 0.00769. The quantitative estimate of drug-likeness (QED) is 0.541. The van der Waals surface area contributed by atoms with Gasteiger partial charge in [-0.3, -0.25) is 9.89 Å². The number of hydrogen-bond donors (Lipinski definition) is 3. The minimum Gasteiger partial charge on any atom is -0.305 e. The fourth-order valence-electron chi connectivity index (χ4n) is 2.19. The van der Waals surface area contributed by atoms with Gasteiger partial charge in [0.15, 0.2) is 5.82 Å². The van der Waals surface area contributed by atoms with Crippen LogP contribution in [0.4, 0.5) is 5.82 Å². The van der Waals surface area contributed by atoms with E-state index in [-0.39, 0.29) is 17.0 Å². The van der Waals surface area contributed by atoms with Crippen molar-refractivity contribution >= 4 is 33.1 Å². The van der Waals surface area contributed by atoms with Gasteiger partial charge in [0.2, 0.25) is 10.0 Å². The van der Waals surface area contributed by atoms with Crippen molar-refractivity contribution in [3.63, 3.8) is 0 Å². The van der Waals surface area contributed by atoms with E-state index in [4.69, 9.17) is 0 Å². The highest BCUT2D eigenvalue weighted by molar-refractivity contribution is 7.89. The molecule has 26 heavy (non-hydrogen) atoms. The van der Waals surface area contributed by atoms with Crippen molar-refractivity contribution in [3.8, 4) is 10.6 Å². The Morgan fingerprint density at radius 3 is 2.85 bits per heavy atom. The molecule has 2 heterocycles. The predicted octanol–water partition coefficient (Wildman–Crippen LogP) is 2.85. The number of thiophene rings is 1. The van der Waals surface area contributed by atoms with Gasteiger partial charge in [0.1, 0.15) is 0 Å². The van der Waals surface area contributed by atoms with Crippen LogP contribution < -0.4 is 10.0 Å². The van der Waals surface area contributed by atoms with E-state index in [2.05, 4.69) is 26.8 Å². The van der Waals surface area contributed by atoms with Crippen molar-refractivity contribution in [1.82, 2.24) is 14.9 Å². The van der Waals surface area contributed by atoms with Gasteiger partial charge in [-0.1, -0.05) is 18.2 Å². The average molecular weight is 388 g/mol. The molecule has 134 valence electrons. The summed E-state index contributed by atoms with van der Waals surface area (Å²) in [4.78, 5) is 13.4. The van der Waals surface area contributed by atoms with Gasteiger partial charge in [0.05, 0.1) is 15.5 Å². The van der Waals surface area contributed by atoms with Crippen LogP contribution in [0.15, 0.2) is 65.4 Å². The Kier molecular flexibility index (Phi) is 5.31. The lowest BCUT2D eigenvalue weighted by molar-refractivity contribution is 0.102. The average Bonchev–Trinajstić information content (AvgIpc) is 3.31. The maximum absolute atomic E-state index is 12.4. The number of nitrogens with zero attached hydrogens (tertiary/aromatic N) is 1. The van der Waals surface area contributed by atoms with Gasteiger partial charge in [0.25, 0.3) is 5.91 Å². The van der Waals surface area contributed by atoms with Crippen LogP contribution in [-0.4, -0.2) is 31.1 Å². The van der Waals surface area contributed by atoms with Crippen molar-refractivity contribution in [2.75, 3.05) is 11.9 Å². The van der Waals surface area contributed by atoms with Gasteiger partial charge < -0.3 is 5.32 Å². The zero-order valence-electron chi connectivity index (χ0n) is 13.6. The predicted molar refractivity (Wildman–Crippen MR) is 102 cm³/mol. The van der Waals surface area contributed by atoms with Gasteiger partial charge in [-0.15, -0.1) is 17.9 Å². The summed E-state index contributed by atoms with van der Waals surface area (Å²) in [5, 5.41) is 11.5. The topological polar surface area (TPSA) is 104 Å². The van der Waals surface area contributed by atoms with E-state index in [1.165, 1.54) is 30.3 Å². The summed E-state index contributed by atoms with van der Waals surface area (Å²) in [5.74, 6) is -0.0913. The first-order valence-electron chi connectivity index (χ1n) is 7.61. The first kappa shape index (κ1) is 18.1. The second-order valence-corrected chi connectivity index (χ2v) is 7.98. The van der Waals surface area contributed by atoms with Crippen molar-refractivity contribution < 1.29 is 13.2 Å². The minimum atomic E-state index is -3.70. The van der Waals surface area contributed by atoms with E-state index in [1.807, 2.05) is 17.5 Å². The number of nitrogens with one attached hydrogen (secondary N) is 3. The van der Waals surface area contributed by atoms with Crippen LogP contribution in [0, 0.1) is 0 Å². The summed E-state index contributed by atoms with van der Waals surface area (Å²) < 4.78 is 26.7. The molecule has 0 bridgehead atoms. The molecule has 0 aliphatic rings. The van der Waals surface area contributed by atoms with Gasteiger partial charge >= 0.3 is 0 Å². The molecule has 3 N–H and O–H groups in total.